The predicted molar refractivity (Wildman–Crippen MR) is 107 cm³/mol. The smallest absolute Gasteiger partial charge is 0.258 e. The van der Waals surface area contributed by atoms with Crippen LogP contribution in [0.15, 0.2) is 66.7 Å². The molecule has 0 saturated heterocycles. The monoisotopic (exact) mass is 378 g/mol. The van der Waals surface area contributed by atoms with Crippen LogP contribution in [-0.4, -0.2) is 32.1 Å². The van der Waals surface area contributed by atoms with E-state index in [0.29, 0.717) is 12.3 Å². The van der Waals surface area contributed by atoms with Gasteiger partial charge in [0.15, 0.2) is 6.61 Å². The van der Waals surface area contributed by atoms with Gasteiger partial charge in [0, 0.05) is 6.54 Å². The Morgan fingerprint density at radius 1 is 0.821 bits per heavy atom. The van der Waals surface area contributed by atoms with E-state index in [1.807, 2.05) is 54.6 Å². The molecule has 0 unspecified atom stereocenters. The summed E-state index contributed by atoms with van der Waals surface area (Å²) in [5.41, 5.74) is 0.977. The van der Waals surface area contributed by atoms with E-state index in [-0.39, 0.29) is 25.0 Å². The second kappa shape index (κ2) is 9.41. The van der Waals surface area contributed by atoms with E-state index in [1.165, 1.54) is 0 Å². The Kier molecular flexibility index (Phi) is 6.46. The fourth-order valence-corrected chi connectivity index (χ4v) is 2.67. The van der Waals surface area contributed by atoms with Crippen molar-refractivity contribution < 1.29 is 19.1 Å². The standard InChI is InChI=1S/C22H22N2O4/c1-27-20-10-9-17-11-16(7-8-18(17)12-20)13-23-21(25)14-24-22(26)15-28-19-5-3-2-4-6-19/h2-12H,13-15H2,1H3,(H,23,25)(H,24,26). The van der Waals surface area contributed by atoms with E-state index in [1.54, 1.807) is 19.2 Å². The number of hydrogen-bond acceptors (Lipinski definition) is 4. The Labute approximate surface area is 163 Å². The Hall–Kier alpha value is -3.54. The van der Waals surface area contributed by atoms with Gasteiger partial charge < -0.3 is 20.1 Å². The third kappa shape index (κ3) is 5.48. The fourth-order valence-electron chi connectivity index (χ4n) is 2.67. The van der Waals surface area contributed by atoms with Crippen LogP contribution >= 0.6 is 0 Å². The van der Waals surface area contributed by atoms with Gasteiger partial charge in [-0.05, 0) is 46.7 Å². The number of para-hydroxylation sites is 1. The highest BCUT2D eigenvalue weighted by Crippen LogP contribution is 2.21. The molecule has 0 atom stereocenters. The largest absolute Gasteiger partial charge is 0.497 e. The molecule has 2 N–H and O–H groups in total. The first kappa shape index (κ1) is 19.2. The van der Waals surface area contributed by atoms with Gasteiger partial charge in [0.2, 0.25) is 5.91 Å². The molecular formula is C22H22N2O4. The van der Waals surface area contributed by atoms with Crippen LogP contribution in [0.2, 0.25) is 0 Å². The van der Waals surface area contributed by atoms with E-state index < -0.39 is 0 Å². The summed E-state index contributed by atoms with van der Waals surface area (Å²) >= 11 is 0. The molecule has 3 aromatic rings. The number of fused-ring (bicyclic) bond motifs is 1. The third-order valence-corrected chi connectivity index (χ3v) is 4.16. The molecule has 0 aromatic heterocycles. The second-order valence-corrected chi connectivity index (χ2v) is 6.20. The molecule has 6 nitrogen and oxygen atoms in total. The Morgan fingerprint density at radius 3 is 2.36 bits per heavy atom. The van der Waals surface area contributed by atoms with Gasteiger partial charge in [0.05, 0.1) is 13.7 Å². The van der Waals surface area contributed by atoms with Gasteiger partial charge in [0.1, 0.15) is 11.5 Å². The highest BCUT2D eigenvalue weighted by Gasteiger charge is 2.07. The van der Waals surface area contributed by atoms with Gasteiger partial charge in [-0.1, -0.05) is 36.4 Å². The van der Waals surface area contributed by atoms with Crippen molar-refractivity contribution in [3.63, 3.8) is 0 Å². The highest BCUT2D eigenvalue weighted by atomic mass is 16.5. The zero-order chi connectivity index (χ0) is 19.8. The van der Waals surface area contributed by atoms with Crippen LogP contribution in [0, 0.1) is 0 Å². The molecule has 28 heavy (non-hydrogen) atoms. The van der Waals surface area contributed by atoms with Crippen molar-refractivity contribution in [2.75, 3.05) is 20.3 Å². The lowest BCUT2D eigenvalue weighted by molar-refractivity contribution is -0.127. The van der Waals surface area contributed by atoms with Crippen LogP contribution in [0.5, 0.6) is 11.5 Å². The lowest BCUT2D eigenvalue weighted by Gasteiger charge is -2.09. The highest BCUT2D eigenvalue weighted by molar-refractivity contribution is 5.86. The summed E-state index contributed by atoms with van der Waals surface area (Å²) in [4.78, 5) is 23.7. The van der Waals surface area contributed by atoms with E-state index >= 15 is 0 Å². The van der Waals surface area contributed by atoms with Gasteiger partial charge in [-0.15, -0.1) is 0 Å². The van der Waals surface area contributed by atoms with Gasteiger partial charge in [-0.3, -0.25) is 9.59 Å². The fraction of sp³-hybridized carbons (Fsp3) is 0.182. The predicted octanol–water partition coefficient (Wildman–Crippen LogP) is 2.66. The Bertz CT molecular complexity index is 957. The van der Waals surface area contributed by atoms with Crippen molar-refractivity contribution in [2.24, 2.45) is 0 Å². The van der Waals surface area contributed by atoms with Gasteiger partial charge in [0.25, 0.3) is 5.91 Å². The van der Waals surface area contributed by atoms with Crippen molar-refractivity contribution in [3.05, 3.63) is 72.3 Å². The molecule has 0 saturated carbocycles. The second-order valence-electron chi connectivity index (χ2n) is 6.20. The summed E-state index contributed by atoms with van der Waals surface area (Å²) in [7, 11) is 1.64. The number of ether oxygens (including phenoxy) is 2. The van der Waals surface area contributed by atoms with Crippen LogP contribution in [0.25, 0.3) is 10.8 Å². The van der Waals surface area contributed by atoms with E-state index in [0.717, 1.165) is 22.1 Å². The maximum absolute atomic E-state index is 12.0. The molecule has 2 amide bonds. The van der Waals surface area contributed by atoms with Gasteiger partial charge in [-0.2, -0.15) is 0 Å². The van der Waals surface area contributed by atoms with Crippen molar-refractivity contribution in [2.45, 2.75) is 6.54 Å². The molecule has 0 bridgehead atoms. The Morgan fingerprint density at radius 2 is 1.57 bits per heavy atom. The van der Waals surface area contributed by atoms with Gasteiger partial charge >= 0.3 is 0 Å². The number of hydrogen-bond donors (Lipinski definition) is 2. The minimum atomic E-state index is -0.348. The molecule has 6 heteroatoms. The van der Waals surface area contributed by atoms with Crippen LogP contribution in [0.4, 0.5) is 0 Å². The topological polar surface area (TPSA) is 76.7 Å². The summed E-state index contributed by atoms with van der Waals surface area (Å²) in [5.74, 6) is 0.804. The van der Waals surface area contributed by atoms with E-state index in [4.69, 9.17) is 9.47 Å². The molecule has 0 spiro atoms. The number of methoxy groups -OCH3 is 1. The number of carbonyl (C=O) groups excluding carboxylic acids is 2. The lowest BCUT2D eigenvalue weighted by atomic mass is 10.1. The SMILES string of the molecule is COc1ccc2cc(CNC(=O)CNC(=O)COc3ccccc3)ccc2c1. The molecule has 0 aliphatic rings. The maximum Gasteiger partial charge on any atom is 0.258 e. The molecule has 0 fully saturated rings. The zero-order valence-corrected chi connectivity index (χ0v) is 15.6. The first-order valence-corrected chi connectivity index (χ1v) is 8.92. The van der Waals surface area contributed by atoms with Crippen LogP contribution < -0.4 is 20.1 Å². The summed E-state index contributed by atoms with van der Waals surface area (Å²) in [6.07, 6.45) is 0. The average molecular weight is 378 g/mol. The first-order chi connectivity index (χ1) is 13.6. The van der Waals surface area contributed by atoms with Crippen molar-refractivity contribution in [1.29, 1.82) is 0 Å². The minimum Gasteiger partial charge on any atom is -0.497 e. The minimum absolute atomic E-state index is 0.0955. The molecule has 0 aliphatic carbocycles. The number of amides is 2. The van der Waals surface area contributed by atoms with Crippen molar-refractivity contribution in [3.8, 4) is 11.5 Å². The van der Waals surface area contributed by atoms with Crippen molar-refractivity contribution in [1.82, 2.24) is 10.6 Å². The zero-order valence-electron chi connectivity index (χ0n) is 15.6. The quantitative estimate of drug-likeness (QED) is 0.632. The summed E-state index contributed by atoms with van der Waals surface area (Å²) in [5, 5.41) is 7.48. The van der Waals surface area contributed by atoms with E-state index in [2.05, 4.69) is 10.6 Å². The molecule has 144 valence electrons. The molecule has 3 rings (SSSR count). The number of benzene rings is 3. The summed E-state index contributed by atoms with van der Waals surface area (Å²) in [6.45, 7) is 0.157. The Balaban J connectivity index is 1.42. The molecule has 0 radical (unpaired) electrons. The van der Waals surface area contributed by atoms with E-state index in [9.17, 15) is 9.59 Å². The maximum atomic E-state index is 12.0. The summed E-state index contributed by atoms with van der Waals surface area (Å²) < 4.78 is 10.6. The van der Waals surface area contributed by atoms with Crippen LogP contribution in [0.1, 0.15) is 5.56 Å². The van der Waals surface area contributed by atoms with Crippen LogP contribution in [0.3, 0.4) is 0 Å². The third-order valence-electron chi connectivity index (χ3n) is 4.16. The average Bonchev–Trinajstić information content (AvgIpc) is 2.75. The molecule has 0 aliphatic heterocycles. The lowest BCUT2D eigenvalue weighted by Crippen LogP contribution is -2.38. The molecular weight excluding hydrogens is 356 g/mol. The van der Waals surface area contributed by atoms with Gasteiger partial charge in [-0.25, -0.2) is 0 Å². The molecule has 3 aromatic carbocycles. The number of nitrogens with one attached hydrogen (secondary N) is 2. The van der Waals surface area contributed by atoms with Crippen LogP contribution in [-0.2, 0) is 16.1 Å². The normalized spacial score (nSPS) is 10.3. The number of carbonyl (C=O) groups is 2. The number of rotatable bonds is 8. The van der Waals surface area contributed by atoms with Crippen molar-refractivity contribution >= 4 is 22.6 Å². The summed E-state index contributed by atoms with van der Waals surface area (Å²) in [6, 6.07) is 20.8. The first-order valence-electron chi connectivity index (χ1n) is 8.92. The molecule has 0 heterocycles.